The lowest BCUT2D eigenvalue weighted by Gasteiger charge is -2.47. The third kappa shape index (κ3) is 2.07. The molecule has 5 heteroatoms. The van der Waals surface area contributed by atoms with Crippen molar-refractivity contribution in [3.05, 3.63) is 23.8 Å². The van der Waals surface area contributed by atoms with Crippen LogP contribution in [-0.4, -0.2) is 44.7 Å². The van der Waals surface area contributed by atoms with Crippen molar-refractivity contribution in [2.75, 3.05) is 0 Å². The number of hydrogen-bond acceptors (Lipinski definition) is 5. The van der Waals surface area contributed by atoms with Crippen LogP contribution in [0.25, 0.3) is 0 Å². The van der Waals surface area contributed by atoms with Crippen LogP contribution in [0.3, 0.4) is 0 Å². The Kier molecular flexibility index (Phi) is 3.66. The molecule has 0 aromatic carbocycles. The van der Waals surface area contributed by atoms with Crippen LogP contribution >= 0.6 is 0 Å². The van der Waals surface area contributed by atoms with Gasteiger partial charge in [-0.25, -0.2) is 0 Å². The van der Waals surface area contributed by atoms with Crippen molar-refractivity contribution in [1.82, 2.24) is 0 Å². The Labute approximate surface area is 149 Å². The number of rotatable bonds is 0. The Morgan fingerprint density at radius 1 is 1.24 bits per heavy atom. The van der Waals surface area contributed by atoms with Gasteiger partial charge in [-0.3, -0.25) is 0 Å². The van der Waals surface area contributed by atoms with Gasteiger partial charge >= 0.3 is 0 Å². The van der Waals surface area contributed by atoms with Crippen molar-refractivity contribution >= 4 is 0 Å². The second-order valence-electron chi connectivity index (χ2n) is 9.13. The summed E-state index contributed by atoms with van der Waals surface area (Å²) in [6, 6.07) is 0. The first-order chi connectivity index (χ1) is 11.6. The molecule has 2 bridgehead atoms. The molecule has 1 spiro atoms. The Balaban J connectivity index is 1.81. The summed E-state index contributed by atoms with van der Waals surface area (Å²) in [6.07, 6.45) is 4.19. The Morgan fingerprint density at radius 3 is 2.68 bits per heavy atom. The molecule has 5 nitrogen and oxygen atoms in total. The van der Waals surface area contributed by atoms with Crippen molar-refractivity contribution in [3.8, 4) is 0 Å². The van der Waals surface area contributed by atoms with Crippen LogP contribution in [0.2, 0.25) is 0 Å². The first-order valence-corrected chi connectivity index (χ1v) is 9.38. The van der Waals surface area contributed by atoms with Gasteiger partial charge in [0.05, 0.1) is 6.10 Å². The van der Waals surface area contributed by atoms with Gasteiger partial charge in [-0.2, -0.15) is 0 Å². The standard InChI is InChI=1S/C20H30O5/c1-12-5-6-14-7-8-18-16(22)24-19(23,11-13(2)10-15(21)9-12)20(18,25-18)17(14,3)4/h10,14-16,21-23H,1,5-9,11H2,2-4H3/b13-10-/t14-,15+,16+,18-,19-,20-/m1/s1. The highest BCUT2D eigenvalue weighted by Gasteiger charge is 2.93. The molecule has 0 radical (unpaired) electrons. The van der Waals surface area contributed by atoms with Crippen molar-refractivity contribution < 1.29 is 24.8 Å². The topological polar surface area (TPSA) is 82.5 Å². The summed E-state index contributed by atoms with van der Waals surface area (Å²) in [5.41, 5.74) is -0.167. The highest BCUT2D eigenvalue weighted by atomic mass is 16.8. The van der Waals surface area contributed by atoms with Gasteiger partial charge in [-0.05, 0) is 44.9 Å². The van der Waals surface area contributed by atoms with Gasteiger partial charge in [-0.15, -0.1) is 0 Å². The third-order valence-corrected chi connectivity index (χ3v) is 7.28. The summed E-state index contributed by atoms with van der Waals surface area (Å²) in [7, 11) is 0. The molecule has 1 saturated carbocycles. The highest BCUT2D eigenvalue weighted by Crippen LogP contribution is 2.77. The summed E-state index contributed by atoms with van der Waals surface area (Å²) in [5.74, 6) is -1.24. The molecule has 2 saturated heterocycles. The maximum atomic E-state index is 11.5. The predicted octanol–water partition coefficient (Wildman–Crippen LogP) is 2.41. The number of aliphatic hydroxyl groups excluding tert-OH is 2. The Bertz CT molecular complexity index is 640. The van der Waals surface area contributed by atoms with Crippen LogP contribution in [0, 0.1) is 11.3 Å². The number of fused-ring (bicyclic) bond motifs is 1. The first kappa shape index (κ1) is 17.7. The second kappa shape index (κ2) is 5.17. The van der Waals surface area contributed by atoms with Gasteiger partial charge in [0.2, 0.25) is 5.79 Å². The van der Waals surface area contributed by atoms with Crippen LogP contribution in [0.4, 0.5) is 0 Å². The molecular weight excluding hydrogens is 320 g/mol. The lowest BCUT2D eigenvalue weighted by Crippen LogP contribution is -2.59. The molecule has 6 atom stereocenters. The quantitative estimate of drug-likeness (QED) is 0.462. The molecule has 4 aliphatic rings. The average molecular weight is 350 g/mol. The molecule has 2 heterocycles. The minimum absolute atomic E-state index is 0.214. The van der Waals surface area contributed by atoms with Gasteiger partial charge in [0.15, 0.2) is 17.5 Å². The molecule has 4 rings (SSSR count). The molecule has 140 valence electrons. The maximum Gasteiger partial charge on any atom is 0.205 e. The molecule has 25 heavy (non-hydrogen) atoms. The minimum Gasteiger partial charge on any atom is -0.389 e. The van der Waals surface area contributed by atoms with E-state index in [2.05, 4.69) is 20.4 Å². The molecule has 0 aromatic rings. The number of aliphatic hydroxyl groups is 3. The summed E-state index contributed by atoms with van der Waals surface area (Å²) < 4.78 is 12.0. The third-order valence-electron chi connectivity index (χ3n) is 7.28. The van der Waals surface area contributed by atoms with Crippen molar-refractivity contribution in [3.63, 3.8) is 0 Å². The van der Waals surface area contributed by atoms with Crippen LogP contribution < -0.4 is 0 Å². The van der Waals surface area contributed by atoms with Crippen molar-refractivity contribution in [2.45, 2.75) is 88.7 Å². The van der Waals surface area contributed by atoms with Gasteiger partial charge in [-0.1, -0.05) is 37.6 Å². The summed E-state index contributed by atoms with van der Waals surface area (Å²) >= 11 is 0. The zero-order valence-electron chi connectivity index (χ0n) is 15.4. The fraction of sp³-hybridized carbons (Fsp3) is 0.800. The number of ether oxygens (including phenoxy) is 2. The first-order valence-electron chi connectivity index (χ1n) is 9.38. The lowest BCUT2D eigenvalue weighted by molar-refractivity contribution is -0.307. The van der Waals surface area contributed by atoms with Crippen LogP contribution in [-0.2, 0) is 9.47 Å². The van der Waals surface area contributed by atoms with Gasteiger partial charge in [0.1, 0.15) is 0 Å². The number of hydrogen-bond donors (Lipinski definition) is 3. The monoisotopic (exact) mass is 350 g/mol. The normalized spacial score (nSPS) is 53.9. The van der Waals surface area contributed by atoms with Crippen molar-refractivity contribution in [2.24, 2.45) is 11.3 Å². The van der Waals surface area contributed by atoms with Gasteiger partial charge in [0, 0.05) is 11.8 Å². The predicted molar refractivity (Wildman–Crippen MR) is 92.5 cm³/mol. The highest BCUT2D eigenvalue weighted by molar-refractivity contribution is 5.36. The Hall–Kier alpha value is -0.720. The van der Waals surface area contributed by atoms with E-state index in [-0.39, 0.29) is 11.8 Å². The fourth-order valence-corrected chi connectivity index (χ4v) is 6.08. The molecule has 0 aromatic heterocycles. The molecule has 3 fully saturated rings. The minimum atomic E-state index is -1.58. The van der Waals surface area contributed by atoms with Gasteiger partial charge in [0.25, 0.3) is 0 Å². The van der Waals surface area contributed by atoms with Crippen molar-refractivity contribution in [1.29, 1.82) is 0 Å². The summed E-state index contributed by atoms with van der Waals surface area (Å²) in [4.78, 5) is 0. The van der Waals surface area contributed by atoms with Gasteiger partial charge < -0.3 is 24.8 Å². The molecule has 3 N–H and O–H groups in total. The van der Waals surface area contributed by atoms with E-state index in [1.54, 1.807) is 6.08 Å². The SMILES string of the molecule is C=C1CC[C@@H]2CC[C@]34O[C@@]3(C2(C)C)[C@@](O)(C/C(C)=C\[C@@H](O)C1)O[C@@H]4O. The summed E-state index contributed by atoms with van der Waals surface area (Å²) in [5, 5.41) is 32.3. The van der Waals surface area contributed by atoms with E-state index < -0.39 is 29.4 Å². The fourth-order valence-electron chi connectivity index (χ4n) is 6.08. The zero-order valence-corrected chi connectivity index (χ0v) is 15.4. The largest absolute Gasteiger partial charge is 0.389 e. The van der Waals surface area contributed by atoms with E-state index in [1.165, 1.54) is 0 Å². The van der Waals surface area contributed by atoms with E-state index in [0.717, 1.165) is 30.4 Å². The van der Waals surface area contributed by atoms with E-state index in [0.29, 0.717) is 18.8 Å². The molecule has 0 amide bonds. The molecule has 0 unspecified atom stereocenters. The van der Waals surface area contributed by atoms with E-state index >= 15 is 0 Å². The van der Waals surface area contributed by atoms with Crippen LogP contribution in [0.5, 0.6) is 0 Å². The molecule has 2 aliphatic carbocycles. The van der Waals surface area contributed by atoms with E-state index in [4.69, 9.17) is 9.47 Å². The zero-order chi connectivity index (χ0) is 18.3. The maximum absolute atomic E-state index is 11.5. The van der Waals surface area contributed by atoms with Crippen LogP contribution in [0.1, 0.15) is 59.3 Å². The second-order valence-corrected chi connectivity index (χ2v) is 9.13. The number of epoxide rings is 1. The smallest absolute Gasteiger partial charge is 0.205 e. The average Bonchev–Trinajstić information content (AvgIpc) is 3.14. The Morgan fingerprint density at radius 2 is 1.96 bits per heavy atom. The molecule has 2 aliphatic heterocycles. The van der Waals surface area contributed by atoms with E-state index in [1.807, 2.05) is 6.92 Å². The molecular formula is C20H30O5. The van der Waals surface area contributed by atoms with Crippen LogP contribution in [0.15, 0.2) is 23.8 Å². The van der Waals surface area contributed by atoms with E-state index in [9.17, 15) is 15.3 Å². The summed E-state index contributed by atoms with van der Waals surface area (Å²) in [6.45, 7) is 10.3. The lowest BCUT2D eigenvalue weighted by atomic mass is 9.54.